The molecule has 0 saturated heterocycles. The number of hydrogen-bond acceptors (Lipinski definition) is 1. The van der Waals surface area contributed by atoms with E-state index in [2.05, 4.69) is 17.9 Å². The van der Waals surface area contributed by atoms with E-state index < -0.39 is 0 Å². The minimum absolute atomic E-state index is 0.125. The topological polar surface area (TPSA) is 17.1 Å². The van der Waals surface area contributed by atoms with Gasteiger partial charge in [-0.3, -0.25) is 0 Å². The Morgan fingerprint density at radius 1 is 1.25 bits per heavy atom. The van der Waals surface area contributed by atoms with Crippen LogP contribution in [0.25, 0.3) is 0 Å². The normalized spacial score (nSPS) is 3.00. The van der Waals surface area contributed by atoms with E-state index in [0.717, 1.165) is 0 Å². The molecule has 0 aliphatic rings. The van der Waals surface area contributed by atoms with Crippen molar-refractivity contribution in [1.29, 1.82) is 0 Å². The van der Waals surface area contributed by atoms with Gasteiger partial charge in [0.2, 0.25) is 0 Å². The summed E-state index contributed by atoms with van der Waals surface area (Å²) in [6, 6.07) is 0. The summed E-state index contributed by atoms with van der Waals surface area (Å²) < 4.78 is 8.38. The van der Waals surface area contributed by atoms with Gasteiger partial charge in [-0.2, -0.15) is 0 Å². The van der Waals surface area contributed by atoms with Crippen LogP contribution in [0.5, 0.6) is 0 Å². The third-order valence-corrected chi connectivity index (χ3v) is 0. The molecule has 4 heavy (non-hydrogen) atoms. The Hall–Kier alpha value is 1.28. The van der Waals surface area contributed by atoms with Gasteiger partial charge >= 0.3 is 21.8 Å². The summed E-state index contributed by atoms with van der Waals surface area (Å²) in [5.74, 6) is 0. The average Bonchev–Trinajstić information content (AvgIpc) is 1.50. The molecule has 0 aromatic carbocycles. The molecule has 0 spiro atoms. The second kappa shape index (κ2) is 28.0. The van der Waals surface area contributed by atoms with Crippen LogP contribution < -0.4 is 0 Å². The molecule has 0 N–H and O–H groups in total. The summed E-state index contributed by atoms with van der Waals surface area (Å²) in [4.78, 5) is 0. The van der Waals surface area contributed by atoms with Gasteiger partial charge in [-0.1, -0.05) is 0 Å². The molecule has 0 heterocycles. The van der Waals surface area contributed by atoms with E-state index in [0.29, 0.717) is 0 Å². The van der Waals surface area contributed by atoms with E-state index in [9.17, 15) is 0 Å². The van der Waals surface area contributed by atoms with Gasteiger partial charge in [0.05, 0.1) is 0 Å². The molecule has 2 unspecified atom stereocenters. The predicted octanol–water partition coefficient (Wildman–Crippen LogP) is 0.530. The molecule has 0 amide bonds. The molecule has 0 aromatic heterocycles. The van der Waals surface area contributed by atoms with Crippen molar-refractivity contribution in [3.05, 3.63) is 0 Å². The van der Waals surface area contributed by atoms with E-state index in [1.54, 1.807) is 0 Å². The first-order valence-corrected chi connectivity index (χ1v) is 4.50. The molecule has 4 heteroatoms. The van der Waals surface area contributed by atoms with Crippen molar-refractivity contribution in [2.75, 3.05) is 0 Å². The van der Waals surface area contributed by atoms with Crippen molar-refractivity contribution >= 4 is 17.9 Å². The molecule has 0 bridgehead atoms. The quantitative estimate of drug-likeness (QED) is 0.361. The molecular formula is H4OP2Zn. The van der Waals surface area contributed by atoms with Gasteiger partial charge in [0, 0.05) is 0 Å². The van der Waals surface area contributed by atoms with Crippen molar-refractivity contribution in [2.45, 2.75) is 0 Å². The molecule has 0 fully saturated rings. The van der Waals surface area contributed by atoms with Gasteiger partial charge in [-0.05, 0) is 0 Å². The van der Waals surface area contributed by atoms with E-state index in [-0.39, 0.29) is 18.3 Å². The Bertz CT molecular complexity index is 6.00. The molecule has 0 saturated carbocycles. The predicted molar refractivity (Wildman–Crippen MR) is 20.1 cm³/mol. The molecule has 0 aromatic rings. The zero-order chi connectivity index (χ0) is 4.00. The second-order valence-electron chi connectivity index (χ2n) is 0. The molecule has 22 valence electrons. The van der Waals surface area contributed by atoms with Crippen molar-refractivity contribution in [3.63, 3.8) is 0 Å². The fourth-order valence-electron chi connectivity index (χ4n) is 0. The molecule has 0 rings (SSSR count). The van der Waals surface area contributed by atoms with Crippen LogP contribution in [0.4, 0.5) is 0 Å². The van der Waals surface area contributed by atoms with Gasteiger partial charge in [-0.15, -0.1) is 17.9 Å². The van der Waals surface area contributed by atoms with E-state index in [1.165, 1.54) is 0 Å². The summed E-state index contributed by atoms with van der Waals surface area (Å²) in [7, 11) is 4.67. The zero-order valence-corrected chi connectivity index (χ0v) is 7.55. The molecule has 0 aliphatic carbocycles. The van der Waals surface area contributed by atoms with Crippen LogP contribution >= 0.6 is 17.9 Å². The fourth-order valence-corrected chi connectivity index (χ4v) is 0. The molecule has 1 nitrogen and oxygen atoms in total. The van der Waals surface area contributed by atoms with Crippen LogP contribution in [-0.4, -0.2) is 0 Å². The number of hydrogen-bond donors (Lipinski definition) is 0. The second-order valence-corrected chi connectivity index (χ2v) is 0. The number of rotatable bonds is 0. The van der Waals surface area contributed by atoms with Crippen molar-refractivity contribution < 1.29 is 21.8 Å². The van der Waals surface area contributed by atoms with Gasteiger partial charge in [0.15, 0.2) is 0 Å². The summed E-state index contributed by atoms with van der Waals surface area (Å²) in [5.41, 5.74) is 0. The summed E-state index contributed by atoms with van der Waals surface area (Å²) in [5, 5.41) is 0. The Morgan fingerprint density at radius 3 is 1.25 bits per heavy atom. The minimum atomic E-state index is 0.125. The Morgan fingerprint density at radius 2 is 1.25 bits per heavy atom. The monoisotopic (exact) mass is 146 g/mol. The Balaban J connectivity index is 0. The van der Waals surface area contributed by atoms with Crippen molar-refractivity contribution in [2.24, 2.45) is 0 Å². The van der Waals surface area contributed by atoms with Crippen molar-refractivity contribution in [1.82, 2.24) is 0 Å². The Kier molecular flexibility index (Phi) is 63.0. The van der Waals surface area contributed by atoms with Gasteiger partial charge in [0.25, 0.3) is 0 Å². The summed E-state index contributed by atoms with van der Waals surface area (Å²) >= 11 is 0.125. The standard InChI is InChI=1S/O.H4P2.Zn/c;1-2;/h;1-2H2;. The van der Waals surface area contributed by atoms with E-state index in [4.69, 9.17) is 3.57 Å². The van der Waals surface area contributed by atoms with Crippen LogP contribution in [-0.2, 0) is 21.8 Å². The van der Waals surface area contributed by atoms with E-state index >= 15 is 0 Å². The van der Waals surface area contributed by atoms with Crippen LogP contribution in [0.15, 0.2) is 0 Å². The Labute approximate surface area is 40.2 Å². The summed E-state index contributed by atoms with van der Waals surface area (Å²) in [6.07, 6.45) is 0. The fraction of sp³-hybridized carbons (Fsp3) is 0. The SMILES string of the molecule is PP.[O]=[Zn]. The molecule has 0 aliphatic heterocycles. The maximum absolute atomic E-state index is 8.38. The van der Waals surface area contributed by atoms with Crippen LogP contribution in [0.2, 0.25) is 0 Å². The molecule has 0 radical (unpaired) electrons. The van der Waals surface area contributed by atoms with Crippen molar-refractivity contribution in [3.8, 4) is 0 Å². The van der Waals surface area contributed by atoms with Crippen LogP contribution in [0.3, 0.4) is 0 Å². The first-order chi connectivity index (χ1) is 2.00. The maximum atomic E-state index is 8.38. The average molecular weight is 147 g/mol. The van der Waals surface area contributed by atoms with Crippen LogP contribution in [0.1, 0.15) is 0 Å². The summed E-state index contributed by atoms with van der Waals surface area (Å²) in [6.45, 7) is 0. The third-order valence-electron chi connectivity index (χ3n) is 0. The third kappa shape index (κ3) is 10.4. The zero-order valence-electron chi connectivity index (χ0n) is 2.27. The van der Waals surface area contributed by atoms with Gasteiger partial charge < -0.3 is 0 Å². The van der Waals surface area contributed by atoms with E-state index in [1.807, 2.05) is 0 Å². The first-order valence-electron chi connectivity index (χ1n) is 0.622. The van der Waals surface area contributed by atoms with Gasteiger partial charge in [-0.25, -0.2) is 0 Å². The van der Waals surface area contributed by atoms with Gasteiger partial charge in [0.1, 0.15) is 0 Å². The first kappa shape index (κ1) is 8.99. The molecule has 2 atom stereocenters. The molecular weight excluding hydrogens is 143 g/mol. The van der Waals surface area contributed by atoms with Crippen LogP contribution in [0, 0.1) is 0 Å².